The lowest BCUT2D eigenvalue weighted by atomic mass is 10.1. The van der Waals surface area contributed by atoms with E-state index in [0.29, 0.717) is 25.4 Å². The molecule has 1 atom stereocenters. The van der Waals surface area contributed by atoms with Crippen LogP contribution in [0.2, 0.25) is 0 Å². The molecule has 0 aromatic heterocycles. The van der Waals surface area contributed by atoms with Crippen LogP contribution in [-0.4, -0.2) is 44.2 Å². The van der Waals surface area contributed by atoms with Crippen LogP contribution in [0, 0.1) is 0 Å². The van der Waals surface area contributed by atoms with Crippen LogP contribution in [0.15, 0.2) is 18.2 Å². The average molecular weight is 294 g/mol. The van der Waals surface area contributed by atoms with E-state index in [-0.39, 0.29) is 11.9 Å². The topological polar surface area (TPSA) is 50.8 Å². The van der Waals surface area contributed by atoms with Crippen LogP contribution < -0.4 is 14.8 Å². The van der Waals surface area contributed by atoms with Crippen molar-refractivity contribution >= 4 is 5.91 Å². The fourth-order valence-corrected chi connectivity index (χ4v) is 2.03. The first-order chi connectivity index (χ1) is 10.0. The van der Waals surface area contributed by atoms with Crippen molar-refractivity contribution in [3.05, 3.63) is 23.8 Å². The maximum Gasteiger partial charge on any atom is 0.237 e. The van der Waals surface area contributed by atoms with Crippen molar-refractivity contribution in [1.82, 2.24) is 10.2 Å². The van der Waals surface area contributed by atoms with E-state index in [4.69, 9.17) is 9.47 Å². The second-order valence-corrected chi connectivity index (χ2v) is 4.90. The van der Waals surface area contributed by atoms with Crippen LogP contribution in [0.5, 0.6) is 11.5 Å². The van der Waals surface area contributed by atoms with Crippen molar-refractivity contribution in [3.8, 4) is 11.5 Å². The van der Waals surface area contributed by atoms with Crippen LogP contribution in [0.25, 0.3) is 0 Å². The molecule has 0 fully saturated rings. The molecule has 0 saturated carbocycles. The van der Waals surface area contributed by atoms with Crippen molar-refractivity contribution in [1.29, 1.82) is 0 Å². The molecule has 1 N–H and O–H groups in total. The normalized spacial score (nSPS) is 12.1. The van der Waals surface area contributed by atoms with Crippen LogP contribution in [0.4, 0.5) is 0 Å². The van der Waals surface area contributed by atoms with Gasteiger partial charge in [-0.15, -0.1) is 0 Å². The highest BCUT2D eigenvalue weighted by Gasteiger charge is 2.17. The van der Waals surface area contributed by atoms with Gasteiger partial charge in [0, 0.05) is 13.1 Å². The van der Waals surface area contributed by atoms with E-state index in [0.717, 1.165) is 11.3 Å². The third-order valence-electron chi connectivity index (χ3n) is 3.35. The minimum atomic E-state index is -0.178. The zero-order valence-corrected chi connectivity index (χ0v) is 13.6. The first kappa shape index (κ1) is 17.3. The molecule has 1 amide bonds. The molecule has 0 unspecified atom stereocenters. The fraction of sp³-hybridized carbons (Fsp3) is 0.562. The molecule has 0 bridgehead atoms. The minimum absolute atomic E-state index is 0.0397. The molecule has 0 aliphatic carbocycles. The Morgan fingerprint density at radius 1 is 1.33 bits per heavy atom. The van der Waals surface area contributed by atoms with Gasteiger partial charge in [-0.3, -0.25) is 9.69 Å². The Hall–Kier alpha value is -1.75. The molecule has 0 radical (unpaired) electrons. The monoisotopic (exact) mass is 294 g/mol. The molecule has 5 nitrogen and oxygen atoms in total. The minimum Gasteiger partial charge on any atom is -0.493 e. The summed E-state index contributed by atoms with van der Waals surface area (Å²) in [6.07, 6.45) is 0. The van der Waals surface area contributed by atoms with E-state index in [1.807, 2.05) is 50.9 Å². The molecule has 0 aliphatic heterocycles. The molecule has 21 heavy (non-hydrogen) atoms. The van der Waals surface area contributed by atoms with Gasteiger partial charge in [-0.1, -0.05) is 6.07 Å². The first-order valence-corrected chi connectivity index (χ1v) is 7.31. The molecule has 0 heterocycles. The summed E-state index contributed by atoms with van der Waals surface area (Å²) < 4.78 is 10.8. The van der Waals surface area contributed by atoms with Crippen LogP contribution >= 0.6 is 0 Å². The number of ether oxygens (including phenoxy) is 2. The van der Waals surface area contributed by atoms with E-state index in [1.165, 1.54) is 0 Å². The zero-order chi connectivity index (χ0) is 15.8. The van der Waals surface area contributed by atoms with Gasteiger partial charge in [-0.25, -0.2) is 0 Å². The highest BCUT2D eigenvalue weighted by atomic mass is 16.5. The van der Waals surface area contributed by atoms with Crippen molar-refractivity contribution in [2.24, 2.45) is 0 Å². The molecule has 1 rings (SSSR count). The molecule has 0 aliphatic rings. The molecular formula is C16H26N2O3. The number of hydrogen-bond donors (Lipinski definition) is 1. The first-order valence-electron chi connectivity index (χ1n) is 7.31. The summed E-state index contributed by atoms with van der Waals surface area (Å²) in [6, 6.07) is 5.67. The third-order valence-corrected chi connectivity index (χ3v) is 3.35. The second kappa shape index (κ2) is 8.52. The van der Waals surface area contributed by atoms with Crippen LogP contribution in [-0.2, 0) is 11.3 Å². The number of nitrogens with one attached hydrogen (secondary N) is 1. The predicted octanol–water partition coefficient (Wildman–Crippen LogP) is 2.05. The van der Waals surface area contributed by atoms with Crippen LogP contribution in [0.1, 0.15) is 26.3 Å². The van der Waals surface area contributed by atoms with Gasteiger partial charge in [-0.05, 0) is 45.5 Å². The number of hydrogen-bond acceptors (Lipinski definition) is 4. The summed E-state index contributed by atoms with van der Waals surface area (Å²) in [7, 11) is 3.56. The second-order valence-electron chi connectivity index (χ2n) is 4.90. The van der Waals surface area contributed by atoms with E-state index in [9.17, 15) is 4.79 Å². The summed E-state index contributed by atoms with van der Waals surface area (Å²) in [6.45, 7) is 7.67. The van der Waals surface area contributed by atoms with Gasteiger partial charge < -0.3 is 14.8 Å². The molecule has 5 heteroatoms. The lowest BCUT2D eigenvalue weighted by Gasteiger charge is -2.24. The van der Waals surface area contributed by atoms with Gasteiger partial charge in [0.25, 0.3) is 0 Å². The quantitative estimate of drug-likeness (QED) is 0.797. The zero-order valence-electron chi connectivity index (χ0n) is 13.6. The lowest BCUT2D eigenvalue weighted by Crippen LogP contribution is -2.42. The number of benzene rings is 1. The summed E-state index contributed by atoms with van der Waals surface area (Å²) in [5, 5.41) is 2.84. The number of carbonyl (C=O) groups is 1. The Labute approximate surface area is 127 Å². The van der Waals surface area contributed by atoms with Crippen molar-refractivity contribution < 1.29 is 14.3 Å². The summed E-state index contributed by atoms with van der Waals surface area (Å²) in [5.41, 5.74) is 1.08. The number of carbonyl (C=O) groups excluding carboxylic acids is 1. The third kappa shape index (κ3) is 4.93. The van der Waals surface area contributed by atoms with Crippen molar-refractivity contribution in [3.63, 3.8) is 0 Å². The van der Waals surface area contributed by atoms with Crippen molar-refractivity contribution in [2.45, 2.75) is 33.4 Å². The smallest absolute Gasteiger partial charge is 0.237 e. The van der Waals surface area contributed by atoms with Crippen LogP contribution in [0.3, 0.4) is 0 Å². The van der Waals surface area contributed by atoms with E-state index in [2.05, 4.69) is 5.32 Å². The molecule has 1 aromatic carbocycles. The Morgan fingerprint density at radius 2 is 2.05 bits per heavy atom. The Bertz CT molecular complexity index is 463. The molecular weight excluding hydrogens is 268 g/mol. The van der Waals surface area contributed by atoms with Gasteiger partial charge in [0.1, 0.15) is 0 Å². The molecule has 0 spiro atoms. The highest BCUT2D eigenvalue weighted by molar-refractivity contribution is 5.81. The Kier molecular flexibility index (Phi) is 7.02. The number of nitrogens with zero attached hydrogens (tertiary/aromatic N) is 1. The summed E-state index contributed by atoms with van der Waals surface area (Å²) >= 11 is 0. The van der Waals surface area contributed by atoms with Gasteiger partial charge in [-0.2, -0.15) is 0 Å². The molecule has 118 valence electrons. The van der Waals surface area contributed by atoms with E-state index < -0.39 is 0 Å². The maximum absolute atomic E-state index is 11.8. The summed E-state index contributed by atoms with van der Waals surface area (Å²) in [5.74, 6) is 1.49. The standard InChI is InChI=1S/C16H26N2O3/c1-6-17-16(19)12(3)18(4)11-13-8-9-14(21-7-2)15(10-13)20-5/h8-10,12H,6-7,11H2,1-5H3,(H,17,19)/t12-/m0/s1. The summed E-state index contributed by atoms with van der Waals surface area (Å²) in [4.78, 5) is 13.8. The molecule has 0 saturated heterocycles. The molecule has 1 aromatic rings. The van der Waals surface area contributed by atoms with Gasteiger partial charge in [0.05, 0.1) is 19.8 Å². The highest BCUT2D eigenvalue weighted by Crippen LogP contribution is 2.28. The van der Waals surface area contributed by atoms with E-state index >= 15 is 0 Å². The lowest BCUT2D eigenvalue weighted by molar-refractivity contribution is -0.125. The number of amides is 1. The SMILES string of the molecule is CCNC(=O)[C@H](C)N(C)Cc1ccc(OCC)c(OC)c1. The van der Waals surface area contributed by atoms with E-state index in [1.54, 1.807) is 7.11 Å². The number of methoxy groups -OCH3 is 1. The van der Waals surface area contributed by atoms with Gasteiger partial charge in [0.2, 0.25) is 5.91 Å². The predicted molar refractivity (Wildman–Crippen MR) is 83.8 cm³/mol. The number of likely N-dealkylation sites (N-methyl/N-ethyl adjacent to an activating group) is 2. The Morgan fingerprint density at radius 3 is 2.62 bits per heavy atom. The largest absolute Gasteiger partial charge is 0.493 e. The average Bonchev–Trinajstić information content (AvgIpc) is 2.48. The Balaban J connectivity index is 2.76. The van der Waals surface area contributed by atoms with Crippen molar-refractivity contribution in [2.75, 3.05) is 27.3 Å². The number of rotatable bonds is 8. The fourth-order valence-electron chi connectivity index (χ4n) is 2.03. The maximum atomic E-state index is 11.8. The van der Waals surface area contributed by atoms with Gasteiger partial charge >= 0.3 is 0 Å². The van der Waals surface area contributed by atoms with Gasteiger partial charge in [0.15, 0.2) is 11.5 Å².